The lowest BCUT2D eigenvalue weighted by Gasteiger charge is -2.08. The van der Waals surface area contributed by atoms with Gasteiger partial charge in [-0.05, 0) is 6.92 Å². The molecular formula is C23H45N3O10. The van der Waals surface area contributed by atoms with Gasteiger partial charge in [-0.2, -0.15) is 0 Å². The van der Waals surface area contributed by atoms with E-state index in [0.717, 1.165) is 0 Å². The van der Waals surface area contributed by atoms with E-state index in [1.54, 1.807) is 10.9 Å². The highest BCUT2D eigenvalue weighted by molar-refractivity contribution is 4.88. The van der Waals surface area contributed by atoms with Crippen LogP contribution < -0.4 is 0 Å². The van der Waals surface area contributed by atoms with Crippen molar-refractivity contribution in [3.8, 4) is 0 Å². The van der Waals surface area contributed by atoms with Gasteiger partial charge < -0.3 is 47.7 Å². The van der Waals surface area contributed by atoms with Gasteiger partial charge in [0.1, 0.15) is 5.69 Å². The highest BCUT2D eigenvalue weighted by atomic mass is 16.6. The molecule has 13 heteroatoms. The van der Waals surface area contributed by atoms with Crippen molar-refractivity contribution >= 4 is 0 Å². The normalized spacial score (nSPS) is 11.5. The van der Waals surface area contributed by atoms with Crippen molar-refractivity contribution in [2.45, 2.75) is 20.1 Å². The van der Waals surface area contributed by atoms with Crippen LogP contribution >= 0.6 is 0 Å². The summed E-state index contributed by atoms with van der Waals surface area (Å²) < 4.78 is 50.2. The number of nitrogens with zero attached hydrogens (tertiary/aromatic N) is 3. The fourth-order valence-corrected chi connectivity index (χ4v) is 2.58. The van der Waals surface area contributed by atoms with Gasteiger partial charge in [0.25, 0.3) is 0 Å². The van der Waals surface area contributed by atoms with Crippen LogP contribution in [0.25, 0.3) is 0 Å². The zero-order valence-corrected chi connectivity index (χ0v) is 21.7. The van der Waals surface area contributed by atoms with E-state index in [9.17, 15) is 0 Å². The standard InChI is InChI=1S/C23H45N3O10/c1-2-28-5-6-30-9-10-32-13-14-34-17-18-36-20-19-35-16-15-33-12-11-31-8-7-29-4-3-26-21-23(22-27)24-25-26/h21,27H,2-20,22H2,1H3. The van der Waals surface area contributed by atoms with Crippen LogP contribution in [0.15, 0.2) is 6.20 Å². The van der Waals surface area contributed by atoms with Gasteiger partial charge in [-0.1, -0.05) is 5.21 Å². The van der Waals surface area contributed by atoms with Gasteiger partial charge in [0.05, 0.1) is 132 Å². The molecule has 1 aromatic heterocycles. The summed E-state index contributed by atoms with van der Waals surface area (Å²) in [6, 6.07) is 0. The molecule has 212 valence electrons. The highest BCUT2D eigenvalue weighted by Crippen LogP contribution is 1.92. The van der Waals surface area contributed by atoms with Crippen molar-refractivity contribution in [2.24, 2.45) is 0 Å². The van der Waals surface area contributed by atoms with Crippen LogP contribution in [0.1, 0.15) is 12.6 Å². The molecule has 1 N–H and O–H groups in total. The van der Waals surface area contributed by atoms with Crippen LogP contribution in [0.2, 0.25) is 0 Å². The van der Waals surface area contributed by atoms with Crippen LogP contribution in [-0.4, -0.2) is 139 Å². The van der Waals surface area contributed by atoms with E-state index in [4.69, 9.17) is 47.7 Å². The van der Waals surface area contributed by atoms with Crippen LogP contribution in [0, 0.1) is 0 Å². The molecule has 0 amide bonds. The number of aliphatic hydroxyl groups excluding tert-OH is 1. The summed E-state index contributed by atoms with van der Waals surface area (Å²) in [6.07, 6.45) is 1.69. The van der Waals surface area contributed by atoms with Gasteiger partial charge >= 0.3 is 0 Å². The second-order valence-electron chi connectivity index (χ2n) is 7.23. The fraction of sp³-hybridized carbons (Fsp3) is 0.913. The van der Waals surface area contributed by atoms with E-state index >= 15 is 0 Å². The van der Waals surface area contributed by atoms with E-state index in [1.165, 1.54) is 0 Å². The van der Waals surface area contributed by atoms with E-state index in [0.29, 0.717) is 131 Å². The molecule has 0 bridgehead atoms. The van der Waals surface area contributed by atoms with Crippen LogP contribution in [0.5, 0.6) is 0 Å². The number of rotatable bonds is 29. The highest BCUT2D eigenvalue weighted by Gasteiger charge is 1.99. The van der Waals surface area contributed by atoms with E-state index in [2.05, 4.69) is 10.3 Å². The molecule has 36 heavy (non-hydrogen) atoms. The summed E-state index contributed by atoms with van der Waals surface area (Å²) in [7, 11) is 0. The molecule has 0 atom stereocenters. The molecule has 0 aromatic carbocycles. The lowest BCUT2D eigenvalue weighted by Crippen LogP contribution is -2.15. The summed E-state index contributed by atoms with van der Waals surface area (Å²) in [4.78, 5) is 0. The number of hydrogen-bond acceptors (Lipinski definition) is 12. The third-order valence-electron chi connectivity index (χ3n) is 4.39. The molecule has 1 aromatic rings. The smallest absolute Gasteiger partial charge is 0.108 e. The zero-order valence-electron chi connectivity index (χ0n) is 21.7. The Morgan fingerprint density at radius 1 is 0.556 bits per heavy atom. The lowest BCUT2D eigenvalue weighted by atomic mass is 10.5. The molecule has 1 rings (SSSR count). The number of aliphatic hydroxyl groups is 1. The van der Waals surface area contributed by atoms with Gasteiger partial charge in [-0.15, -0.1) is 5.10 Å². The minimum atomic E-state index is -0.112. The summed E-state index contributed by atoms with van der Waals surface area (Å²) in [6.45, 7) is 12.1. The third kappa shape index (κ3) is 22.0. The number of aromatic nitrogens is 3. The summed E-state index contributed by atoms with van der Waals surface area (Å²) in [5.74, 6) is 0. The molecule has 0 aliphatic heterocycles. The van der Waals surface area contributed by atoms with Crippen LogP contribution in [0.3, 0.4) is 0 Å². The minimum absolute atomic E-state index is 0.112. The lowest BCUT2D eigenvalue weighted by molar-refractivity contribution is -0.0249. The predicted molar refractivity (Wildman–Crippen MR) is 129 cm³/mol. The molecular weight excluding hydrogens is 478 g/mol. The maximum absolute atomic E-state index is 8.93. The molecule has 0 saturated heterocycles. The second kappa shape index (κ2) is 26.8. The van der Waals surface area contributed by atoms with E-state index in [-0.39, 0.29) is 6.61 Å². The topological polar surface area (TPSA) is 134 Å². The first kappa shape index (κ1) is 32.8. The van der Waals surface area contributed by atoms with Crippen molar-refractivity contribution in [2.75, 3.05) is 119 Å². The van der Waals surface area contributed by atoms with Crippen molar-refractivity contribution in [3.05, 3.63) is 11.9 Å². The Balaban J connectivity index is 1.64. The van der Waals surface area contributed by atoms with Crippen molar-refractivity contribution in [1.29, 1.82) is 0 Å². The SMILES string of the molecule is CCOCCOCCOCCOCCOCCOCCOCCOCCOCCn1cc(CO)nn1. The monoisotopic (exact) mass is 523 g/mol. The Hall–Kier alpha value is -1.26. The molecule has 0 unspecified atom stereocenters. The number of ether oxygens (including phenoxy) is 9. The third-order valence-corrected chi connectivity index (χ3v) is 4.39. The van der Waals surface area contributed by atoms with E-state index in [1.807, 2.05) is 6.92 Å². The molecule has 13 nitrogen and oxygen atoms in total. The van der Waals surface area contributed by atoms with Gasteiger partial charge in [-0.25, -0.2) is 4.68 Å². The van der Waals surface area contributed by atoms with Gasteiger partial charge in [0, 0.05) is 6.61 Å². The minimum Gasteiger partial charge on any atom is -0.390 e. The molecule has 0 aliphatic rings. The maximum atomic E-state index is 8.93. The zero-order chi connectivity index (χ0) is 25.8. The Labute approximate surface area is 214 Å². The maximum Gasteiger partial charge on any atom is 0.108 e. The molecule has 1 heterocycles. The van der Waals surface area contributed by atoms with E-state index < -0.39 is 0 Å². The Morgan fingerprint density at radius 3 is 1.19 bits per heavy atom. The van der Waals surface area contributed by atoms with Gasteiger partial charge in [0.2, 0.25) is 0 Å². The van der Waals surface area contributed by atoms with Gasteiger partial charge in [-0.3, -0.25) is 0 Å². The first-order valence-electron chi connectivity index (χ1n) is 12.6. The van der Waals surface area contributed by atoms with Crippen LogP contribution in [-0.2, 0) is 55.8 Å². The first-order valence-corrected chi connectivity index (χ1v) is 12.6. The quantitative estimate of drug-likeness (QED) is 0.141. The Kier molecular flexibility index (Phi) is 24.4. The summed E-state index contributed by atoms with van der Waals surface area (Å²) in [5, 5.41) is 16.6. The van der Waals surface area contributed by atoms with Gasteiger partial charge in [0.15, 0.2) is 0 Å². The van der Waals surface area contributed by atoms with Crippen molar-refractivity contribution in [3.63, 3.8) is 0 Å². The predicted octanol–water partition coefficient (Wildman–Crippen LogP) is -0.0603. The number of hydrogen-bond donors (Lipinski definition) is 1. The summed E-state index contributed by atoms with van der Waals surface area (Å²) >= 11 is 0. The van der Waals surface area contributed by atoms with Crippen molar-refractivity contribution < 1.29 is 47.7 Å². The van der Waals surface area contributed by atoms with Crippen LogP contribution in [0.4, 0.5) is 0 Å². The fourth-order valence-electron chi connectivity index (χ4n) is 2.58. The molecule has 0 fully saturated rings. The molecule has 0 radical (unpaired) electrons. The first-order chi connectivity index (χ1) is 17.9. The molecule has 0 spiro atoms. The Morgan fingerprint density at radius 2 is 0.889 bits per heavy atom. The largest absolute Gasteiger partial charge is 0.390 e. The molecule has 0 saturated carbocycles. The van der Waals surface area contributed by atoms with Crippen molar-refractivity contribution in [1.82, 2.24) is 15.0 Å². The summed E-state index contributed by atoms with van der Waals surface area (Å²) in [5.41, 5.74) is 0.545. The average molecular weight is 524 g/mol. The average Bonchev–Trinajstić information content (AvgIpc) is 3.36. The molecule has 0 aliphatic carbocycles. The Bertz CT molecular complexity index is 568. The second-order valence-corrected chi connectivity index (χ2v) is 7.23.